The van der Waals surface area contributed by atoms with Crippen molar-refractivity contribution in [3.8, 4) is 0 Å². The van der Waals surface area contributed by atoms with Gasteiger partial charge >= 0.3 is 11.9 Å². The first-order valence-electron chi connectivity index (χ1n) is 15.2. The number of aliphatic hydroxyl groups is 1. The van der Waals surface area contributed by atoms with Crippen LogP contribution in [0.5, 0.6) is 0 Å². The molecule has 0 aromatic heterocycles. The van der Waals surface area contributed by atoms with Crippen LogP contribution in [0, 0.1) is 56.2 Å². The Morgan fingerprint density at radius 2 is 1.71 bits per heavy atom. The third-order valence-corrected chi connectivity index (χ3v) is 13.3. The lowest BCUT2D eigenvalue weighted by Gasteiger charge is -2.64. The SMILES string of the molecule is CC(=O)O[C@H]1C[C@H]2[C@](C)(C(=O)O)[C@@H](O)CC[C@@]23C[C@]32CC[C@]3(C)[C@@H]([C@H](C)C/C=C/C(C)(C)C)CC[C@@]3(C)[C@H]12. The molecule has 11 atom stereocenters. The number of aliphatic carboxylic acids is 1. The van der Waals surface area contributed by atoms with Crippen molar-refractivity contribution in [1.29, 1.82) is 0 Å². The summed E-state index contributed by atoms with van der Waals surface area (Å²) in [5, 5.41) is 21.4. The van der Waals surface area contributed by atoms with Gasteiger partial charge in [0.1, 0.15) is 6.10 Å². The molecule has 0 saturated heterocycles. The Labute approximate surface area is 230 Å². The monoisotopic (exact) mass is 528 g/mol. The van der Waals surface area contributed by atoms with Crippen molar-refractivity contribution < 1.29 is 24.5 Å². The quantitative estimate of drug-likeness (QED) is 0.296. The zero-order chi connectivity index (χ0) is 28.1. The molecule has 0 radical (unpaired) electrons. The van der Waals surface area contributed by atoms with E-state index in [1.165, 1.54) is 13.3 Å². The van der Waals surface area contributed by atoms with Crippen LogP contribution in [0.1, 0.15) is 113 Å². The number of aliphatic hydroxyl groups excluding tert-OH is 1. The van der Waals surface area contributed by atoms with Gasteiger partial charge in [0.05, 0.1) is 11.5 Å². The Morgan fingerprint density at radius 1 is 1.03 bits per heavy atom. The molecule has 0 aliphatic heterocycles. The highest BCUT2D eigenvalue weighted by Gasteiger charge is 2.85. The van der Waals surface area contributed by atoms with Crippen LogP contribution in [-0.2, 0) is 14.3 Å². The minimum absolute atomic E-state index is 0.0193. The molecule has 0 bridgehead atoms. The van der Waals surface area contributed by atoms with Crippen molar-refractivity contribution in [1.82, 2.24) is 0 Å². The van der Waals surface area contributed by atoms with Gasteiger partial charge in [-0.2, -0.15) is 0 Å². The first-order chi connectivity index (χ1) is 17.5. The summed E-state index contributed by atoms with van der Waals surface area (Å²) in [4.78, 5) is 25.2. The lowest BCUT2D eigenvalue weighted by atomic mass is 9.41. The highest BCUT2D eigenvalue weighted by atomic mass is 16.5. The molecule has 0 aromatic rings. The maximum absolute atomic E-state index is 12.7. The molecule has 5 nitrogen and oxygen atoms in total. The first-order valence-corrected chi connectivity index (χ1v) is 15.2. The third-order valence-electron chi connectivity index (χ3n) is 13.3. The second-order valence-corrected chi connectivity index (χ2v) is 16.0. The van der Waals surface area contributed by atoms with Crippen molar-refractivity contribution in [3.05, 3.63) is 12.2 Å². The predicted molar refractivity (Wildman–Crippen MR) is 148 cm³/mol. The topological polar surface area (TPSA) is 83.8 Å². The van der Waals surface area contributed by atoms with E-state index < -0.39 is 17.5 Å². The summed E-state index contributed by atoms with van der Waals surface area (Å²) >= 11 is 0. The van der Waals surface area contributed by atoms with E-state index in [0.29, 0.717) is 24.7 Å². The number of hydrogen-bond donors (Lipinski definition) is 2. The molecule has 5 rings (SSSR count). The van der Waals surface area contributed by atoms with Crippen LogP contribution in [0.2, 0.25) is 0 Å². The zero-order valence-electron chi connectivity index (χ0n) is 25.1. The van der Waals surface area contributed by atoms with Crippen LogP contribution in [-0.4, -0.2) is 34.4 Å². The average molecular weight is 529 g/mol. The molecule has 2 N–H and O–H groups in total. The second-order valence-electron chi connectivity index (χ2n) is 16.0. The van der Waals surface area contributed by atoms with Crippen LogP contribution in [0.4, 0.5) is 0 Å². The van der Waals surface area contributed by atoms with E-state index in [1.54, 1.807) is 6.92 Å². The van der Waals surface area contributed by atoms with E-state index in [4.69, 9.17) is 4.74 Å². The zero-order valence-corrected chi connectivity index (χ0v) is 25.1. The van der Waals surface area contributed by atoms with E-state index in [-0.39, 0.29) is 51.0 Å². The molecule has 0 amide bonds. The fourth-order valence-electron chi connectivity index (χ4n) is 11.4. The molecular weight excluding hydrogens is 476 g/mol. The number of allylic oxidation sites excluding steroid dienone is 2. The largest absolute Gasteiger partial charge is 0.481 e. The number of carboxylic acid groups (broad SMARTS) is 1. The molecule has 5 aliphatic carbocycles. The molecule has 5 fully saturated rings. The molecule has 5 saturated carbocycles. The highest BCUT2D eigenvalue weighted by molar-refractivity contribution is 5.76. The number of rotatable bonds is 5. The maximum Gasteiger partial charge on any atom is 0.312 e. The summed E-state index contributed by atoms with van der Waals surface area (Å²) in [5.74, 6) is 0.135. The molecule has 2 spiro atoms. The van der Waals surface area contributed by atoms with Crippen LogP contribution in [0.15, 0.2) is 12.2 Å². The van der Waals surface area contributed by atoms with Gasteiger partial charge < -0.3 is 14.9 Å². The molecule has 5 heteroatoms. The summed E-state index contributed by atoms with van der Waals surface area (Å²) < 4.78 is 6.20. The Hall–Kier alpha value is -1.36. The number of fused-ring (bicyclic) bond motifs is 2. The van der Waals surface area contributed by atoms with E-state index in [9.17, 15) is 19.8 Å². The number of carbonyl (C=O) groups excluding carboxylic acids is 1. The summed E-state index contributed by atoms with van der Waals surface area (Å²) in [6, 6.07) is 0. The lowest BCUT2D eigenvalue weighted by Crippen LogP contribution is -2.64. The van der Waals surface area contributed by atoms with Crippen molar-refractivity contribution in [3.63, 3.8) is 0 Å². The molecule has 0 heterocycles. The molecule has 214 valence electrons. The van der Waals surface area contributed by atoms with E-state index in [2.05, 4.69) is 53.7 Å². The summed E-state index contributed by atoms with van der Waals surface area (Å²) in [6.07, 6.45) is 12.3. The van der Waals surface area contributed by atoms with Gasteiger partial charge in [-0.1, -0.05) is 53.7 Å². The standard InChI is InChI=1S/C33H52O5/c1-20(10-9-13-28(3,4)5)22-11-14-30(7)26-23(38-21(2)34)18-24-31(8,27(36)37)25(35)12-15-32(24)19-33(26,32)17-16-29(22,30)6/h9,13,20,22-26,35H,10-12,14-19H2,1-8H3,(H,36,37)/b13-9+/t20-,22-,23+,24+,25+,26+,29-,30+,31+,32-,33+/m1/s1. The fraction of sp³-hybridized carbons (Fsp3) is 0.879. The van der Waals surface area contributed by atoms with Gasteiger partial charge in [-0.25, -0.2) is 0 Å². The Bertz CT molecular complexity index is 1030. The number of esters is 1. The van der Waals surface area contributed by atoms with Crippen LogP contribution < -0.4 is 0 Å². The molecule has 0 unspecified atom stereocenters. The minimum Gasteiger partial charge on any atom is -0.481 e. The van der Waals surface area contributed by atoms with Crippen molar-refractivity contribution in [2.24, 2.45) is 56.2 Å². The predicted octanol–water partition coefficient (Wildman–Crippen LogP) is 7.02. The first kappa shape index (κ1) is 28.2. The summed E-state index contributed by atoms with van der Waals surface area (Å²) in [7, 11) is 0. The van der Waals surface area contributed by atoms with Crippen LogP contribution in [0.3, 0.4) is 0 Å². The number of carboxylic acids is 1. The molecule has 0 aromatic carbocycles. The van der Waals surface area contributed by atoms with Gasteiger partial charge in [0.2, 0.25) is 0 Å². The highest BCUT2D eigenvalue weighted by Crippen LogP contribution is 2.89. The van der Waals surface area contributed by atoms with Crippen LogP contribution >= 0.6 is 0 Å². The maximum atomic E-state index is 12.7. The molecular formula is C33H52O5. The van der Waals surface area contributed by atoms with Gasteiger partial charge in [-0.15, -0.1) is 0 Å². The number of carbonyl (C=O) groups is 2. The lowest BCUT2D eigenvalue weighted by molar-refractivity contribution is -0.219. The van der Waals surface area contributed by atoms with Crippen molar-refractivity contribution in [2.75, 3.05) is 0 Å². The molecule has 5 aliphatic rings. The normalized spacial score (nSPS) is 50.4. The van der Waals surface area contributed by atoms with Crippen molar-refractivity contribution >= 4 is 11.9 Å². The minimum atomic E-state index is -1.20. The Balaban J connectivity index is 1.52. The third kappa shape index (κ3) is 3.58. The number of ether oxygens (including phenoxy) is 1. The fourth-order valence-corrected chi connectivity index (χ4v) is 11.4. The second kappa shape index (κ2) is 8.57. The van der Waals surface area contributed by atoms with Crippen molar-refractivity contribution in [2.45, 2.75) is 125 Å². The van der Waals surface area contributed by atoms with Gasteiger partial charge in [0.15, 0.2) is 0 Å². The Kier molecular flexibility index (Phi) is 6.36. The van der Waals surface area contributed by atoms with E-state index in [0.717, 1.165) is 38.5 Å². The van der Waals surface area contributed by atoms with Gasteiger partial charge in [0.25, 0.3) is 0 Å². The summed E-state index contributed by atoms with van der Waals surface area (Å²) in [5.41, 5.74) is -0.826. The van der Waals surface area contributed by atoms with E-state index >= 15 is 0 Å². The summed E-state index contributed by atoms with van der Waals surface area (Å²) in [6.45, 7) is 17.5. The van der Waals surface area contributed by atoms with Crippen LogP contribution in [0.25, 0.3) is 0 Å². The average Bonchev–Trinajstić information content (AvgIpc) is 3.36. The van der Waals surface area contributed by atoms with Gasteiger partial charge in [-0.05, 0) is 110 Å². The van der Waals surface area contributed by atoms with Gasteiger partial charge in [-0.3, -0.25) is 9.59 Å². The smallest absolute Gasteiger partial charge is 0.312 e. The van der Waals surface area contributed by atoms with Gasteiger partial charge in [0, 0.05) is 12.8 Å². The molecule has 38 heavy (non-hydrogen) atoms. The Morgan fingerprint density at radius 3 is 2.32 bits per heavy atom. The van der Waals surface area contributed by atoms with E-state index in [1.807, 2.05) is 0 Å². The number of hydrogen-bond acceptors (Lipinski definition) is 4.